The molecule has 8 heteroatoms. The number of nitrogens with zero attached hydrogens (tertiary/aromatic N) is 2. The lowest BCUT2D eigenvalue weighted by atomic mass is 10.1. The molecule has 0 atom stereocenters. The summed E-state index contributed by atoms with van der Waals surface area (Å²) in [5.41, 5.74) is 1.42. The van der Waals surface area contributed by atoms with Crippen molar-refractivity contribution in [3.05, 3.63) is 68.8 Å². The van der Waals surface area contributed by atoms with Crippen molar-refractivity contribution >= 4 is 52.4 Å². The number of benzene rings is 1. The number of carbonyl (C=O) groups excluding carboxylic acids is 2. The monoisotopic (exact) mass is 408 g/mol. The van der Waals surface area contributed by atoms with Gasteiger partial charge in [0.1, 0.15) is 0 Å². The number of rotatable bonds is 6. The fraction of sp³-hybridized carbons (Fsp3) is 0.167. The van der Waals surface area contributed by atoms with Crippen LogP contribution in [-0.4, -0.2) is 39.2 Å². The highest BCUT2D eigenvalue weighted by Crippen LogP contribution is 2.39. The van der Waals surface area contributed by atoms with E-state index in [-0.39, 0.29) is 23.6 Å². The van der Waals surface area contributed by atoms with Gasteiger partial charge in [0, 0.05) is 28.7 Å². The fourth-order valence-corrected chi connectivity index (χ4v) is 3.96. The molecule has 1 N–H and O–H groups in total. The Morgan fingerprint density at radius 2 is 1.96 bits per heavy atom. The number of amides is 2. The number of thioether (sulfide) groups is 1. The third-order valence-electron chi connectivity index (χ3n) is 3.73. The van der Waals surface area contributed by atoms with Gasteiger partial charge in [-0.1, -0.05) is 35.3 Å². The van der Waals surface area contributed by atoms with Gasteiger partial charge in [-0.15, -0.1) is 11.8 Å². The molecule has 1 aromatic carbocycles. The summed E-state index contributed by atoms with van der Waals surface area (Å²) in [5, 5.41) is 9.85. The molecule has 0 spiro atoms. The molecule has 3 rings (SSSR count). The highest BCUT2D eigenvalue weighted by atomic mass is 35.5. The van der Waals surface area contributed by atoms with Crippen LogP contribution in [0.25, 0.3) is 5.57 Å². The van der Waals surface area contributed by atoms with E-state index >= 15 is 0 Å². The molecule has 5 nitrogen and oxygen atoms in total. The second kappa shape index (κ2) is 8.22. The van der Waals surface area contributed by atoms with Crippen LogP contribution in [0.5, 0.6) is 0 Å². The largest absolute Gasteiger partial charge is 0.396 e. The molecule has 2 heterocycles. The van der Waals surface area contributed by atoms with E-state index in [4.69, 9.17) is 28.3 Å². The van der Waals surface area contributed by atoms with Gasteiger partial charge in [-0.3, -0.25) is 19.5 Å². The van der Waals surface area contributed by atoms with Gasteiger partial charge >= 0.3 is 0 Å². The first-order valence-corrected chi connectivity index (χ1v) is 9.45. The number of carbonyl (C=O) groups is 2. The molecule has 0 saturated heterocycles. The van der Waals surface area contributed by atoms with Gasteiger partial charge in [0.2, 0.25) is 0 Å². The third-order valence-corrected chi connectivity index (χ3v) is 5.33. The second-order valence-electron chi connectivity index (χ2n) is 5.46. The minimum absolute atomic E-state index is 0.111. The van der Waals surface area contributed by atoms with Crippen molar-refractivity contribution in [2.45, 2.75) is 6.54 Å². The van der Waals surface area contributed by atoms with Gasteiger partial charge in [0.15, 0.2) is 0 Å². The zero-order chi connectivity index (χ0) is 18.7. The molecule has 2 amide bonds. The van der Waals surface area contributed by atoms with Crippen LogP contribution < -0.4 is 0 Å². The first-order valence-electron chi connectivity index (χ1n) is 7.71. The number of imide groups is 1. The normalized spacial score (nSPS) is 14.5. The summed E-state index contributed by atoms with van der Waals surface area (Å²) in [7, 11) is 0. The minimum atomic E-state index is -0.427. The van der Waals surface area contributed by atoms with Crippen LogP contribution in [0, 0.1) is 0 Å². The summed E-state index contributed by atoms with van der Waals surface area (Å²) in [6.07, 6.45) is 3.23. The summed E-state index contributed by atoms with van der Waals surface area (Å²) in [4.78, 5) is 31.3. The van der Waals surface area contributed by atoms with Crippen molar-refractivity contribution in [2.24, 2.45) is 0 Å². The number of halogens is 2. The molecule has 2 aromatic rings. The zero-order valence-electron chi connectivity index (χ0n) is 13.5. The topological polar surface area (TPSA) is 70.5 Å². The third kappa shape index (κ3) is 3.78. The highest BCUT2D eigenvalue weighted by molar-refractivity contribution is 8.04. The first-order chi connectivity index (χ1) is 12.5. The van der Waals surface area contributed by atoms with E-state index in [9.17, 15) is 9.59 Å². The molecular formula is C18H14Cl2N2O3S. The van der Waals surface area contributed by atoms with Crippen molar-refractivity contribution in [1.29, 1.82) is 0 Å². The van der Waals surface area contributed by atoms with Crippen LogP contribution in [0.2, 0.25) is 10.0 Å². The molecule has 0 unspecified atom stereocenters. The molecule has 0 fully saturated rings. The van der Waals surface area contributed by atoms with E-state index in [0.717, 1.165) is 22.2 Å². The van der Waals surface area contributed by atoms with E-state index in [1.54, 1.807) is 36.7 Å². The van der Waals surface area contributed by atoms with E-state index in [2.05, 4.69) is 4.98 Å². The fourth-order valence-electron chi connectivity index (χ4n) is 2.58. The predicted octanol–water partition coefficient (Wildman–Crippen LogP) is 3.39. The van der Waals surface area contributed by atoms with Crippen molar-refractivity contribution in [3.8, 4) is 0 Å². The van der Waals surface area contributed by atoms with Crippen LogP contribution >= 0.6 is 35.0 Å². The average molecular weight is 409 g/mol. The van der Waals surface area contributed by atoms with E-state index in [1.165, 1.54) is 6.07 Å². The number of hydrogen-bond acceptors (Lipinski definition) is 5. The van der Waals surface area contributed by atoms with Gasteiger partial charge in [-0.05, 0) is 23.8 Å². The smallest absolute Gasteiger partial charge is 0.268 e. The SMILES string of the molecule is O=C1C(SCCO)=C(c2ccc(Cl)cc2Cl)C(=O)N1Cc1cccnc1. The van der Waals surface area contributed by atoms with E-state index in [0.29, 0.717) is 21.4 Å². The summed E-state index contributed by atoms with van der Waals surface area (Å²) in [6, 6.07) is 8.30. The molecule has 0 aliphatic carbocycles. The second-order valence-corrected chi connectivity index (χ2v) is 7.41. The van der Waals surface area contributed by atoms with E-state index in [1.807, 2.05) is 0 Å². The lowest BCUT2D eigenvalue weighted by Crippen LogP contribution is -2.31. The number of aliphatic hydroxyl groups is 1. The summed E-state index contributed by atoms with van der Waals surface area (Å²) >= 11 is 13.3. The maximum atomic E-state index is 13.0. The molecule has 0 bridgehead atoms. The Morgan fingerprint density at radius 1 is 1.15 bits per heavy atom. The Labute approximate surface area is 164 Å². The molecule has 26 heavy (non-hydrogen) atoms. The summed E-state index contributed by atoms with van der Waals surface area (Å²) < 4.78 is 0. The quantitative estimate of drug-likeness (QED) is 0.741. The van der Waals surface area contributed by atoms with E-state index < -0.39 is 11.8 Å². The number of aromatic nitrogens is 1. The maximum Gasteiger partial charge on any atom is 0.268 e. The first kappa shape index (κ1) is 18.9. The van der Waals surface area contributed by atoms with Gasteiger partial charge in [0.25, 0.3) is 11.8 Å². The summed E-state index contributed by atoms with van der Waals surface area (Å²) in [5.74, 6) is -0.536. The zero-order valence-corrected chi connectivity index (χ0v) is 15.8. The standard InChI is InChI=1S/C18H14Cl2N2O3S/c19-12-3-4-13(14(20)8-12)15-16(26-7-6-23)18(25)22(17(15)24)10-11-2-1-5-21-9-11/h1-5,8-9,23H,6-7,10H2. The van der Waals surface area contributed by atoms with Gasteiger partial charge < -0.3 is 5.11 Å². The number of pyridine rings is 1. The van der Waals surface area contributed by atoms with Gasteiger partial charge in [0.05, 0.1) is 28.7 Å². The van der Waals surface area contributed by atoms with Crippen molar-refractivity contribution in [3.63, 3.8) is 0 Å². The summed E-state index contributed by atoms with van der Waals surface area (Å²) in [6.45, 7) is 0.00325. The lowest BCUT2D eigenvalue weighted by Gasteiger charge is -2.15. The lowest BCUT2D eigenvalue weighted by molar-refractivity contribution is -0.137. The van der Waals surface area contributed by atoms with Crippen molar-refractivity contribution in [2.75, 3.05) is 12.4 Å². The van der Waals surface area contributed by atoms with Crippen molar-refractivity contribution < 1.29 is 14.7 Å². The van der Waals surface area contributed by atoms with Crippen LogP contribution in [0.4, 0.5) is 0 Å². The molecule has 1 aromatic heterocycles. The Morgan fingerprint density at radius 3 is 2.62 bits per heavy atom. The van der Waals surface area contributed by atoms with Gasteiger partial charge in [-0.25, -0.2) is 0 Å². The number of aliphatic hydroxyl groups excluding tert-OH is 1. The molecule has 1 aliphatic heterocycles. The molecular weight excluding hydrogens is 395 g/mol. The Kier molecular flexibility index (Phi) is 5.98. The Hall–Kier alpha value is -1.86. The minimum Gasteiger partial charge on any atom is -0.396 e. The molecule has 0 radical (unpaired) electrons. The maximum absolute atomic E-state index is 13.0. The highest BCUT2D eigenvalue weighted by Gasteiger charge is 2.39. The van der Waals surface area contributed by atoms with Gasteiger partial charge in [-0.2, -0.15) is 0 Å². The molecule has 0 saturated carbocycles. The van der Waals surface area contributed by atoms with Crippen LogP contribution in [0.3, 0.4) is 0 Å². The Bertz CT molecular complexity index is 887. The Balaban J connectivity index is 2.01. The van der Waals surface area contributed by atoms with Crippen LogP contribution in [0.15, 0.2) is 47.6 Å². The number of hydrogen-bond donors (Lipinski definition) is 1. The molecule has 1 aliphatic rings. The van der Waals surface area contributed by atoms with Crippen LogP contribution in [0.1, 0.15) is 11.1 Å². The van der Waals surface area contributed by atoms with Crippen molar-refractivity contribution in [1.82, 2.24) is 9.88 Å². The molecule has 134 valence electrons. The predicted molar refractivity (Wildman–Crippen MR) is 103 cm³/mol. The average Bonchev–Trinajstić information content (AvgIpc) is 2.85. The van der Waals surface area contributed by atoms with Crippen LogP contribution in [-0.2, 0) is 16.1 Å².